The molecule has 2 amide bonds. The molecule has 138 valence electrons. The summed E-state index contributed by atoms with van der Waals surface area (Å²) in [6.07, 6.45) is 0. The van der Waals surface area contributed by atoms with Crippen molar-refractivity contribution in [3.05, 3.63) is 59.2 Å². The summed E-state index contributed by atoms with van der Waals surface area (Å²) in [5.41, 5.74) is 7.37. The minimum Gasteiger partial charge on any atom is -0.483 e. The summed E-state index contributed by atoms with van der Waals surface area (Å²) >= 11 is 1.60. The zero-order valence-electron chi connectivity index (χ0n) is 15.5. The maximum absolute atomic E-state index is 12.3. The Hall–Kier alpha value is -2.47. The Balaban J connectivity index is 1.89. The highest BCUT2D eigenvalue weighted by Gasteiger charge is 2.13. The van der Waals surface area contributed by atoms with Crippen molar-refractivity contribution in [1.82, 2.24) is 10.9 Å². The van der Waals surface area contributed by atoms with Gasteiger partial charge in [-0.3, -0.25) is 20.4 Å². The van der Waals surface area contributed by atoms with E-state index < -0.39 is 5.91 Å². The van der Waals surface area contributed by atoms with Crippen LogP contribution in [0.2, 0.25) is 0 Å². The van der Waals surface area contributed by atoms with Crippen LogP contribution >= 0.6 is 11.8 Å². The topological polar surface area (TPSA) is 67.4 Å². The first-order valence-corrected chi connectivity index (χ1v) is 9.29. The summed E-state index contributed by atoms with van der Waals surface area (Å²) in [5.74, 6) is -0.118. The molecule has 2 rings (SSSR count). The van der Waals surface area contributed by atoms with Crippen LogP contribution in [0.15, 0.2) is 47.4 Å². The molecule has 0 aliphatic carbocycles. The number of ether oxygens (including phenoxy) is 1. The molecule has 0 saturated heterocycles. The number of hydrazine groups is 1. The van der Waals surface area contributed by atoms with Gasteiger partial charge in [-0.05, 0) is 43.2 Å². The summed E-state index contributed by atoms with van der Waals surface area (Å²) in [6.45, 7) is 7.82. The monoisotopic (exact) mass is 372 g/mol. The van der Waals surface area contributed by atoms with Crippen molar-refractivity contribution in [2.24, 2.45) is 0 Å². The van der Waals surface area contributed by atoms with Crippen molar-refractivity contribution in [2.75, 3.05) is 6.61 Å². The Morgan fingerprint density at radius 3 is 2.54 bits per heavy atom. The van der Waals surface area contributed by atoms with Crippen molar-refractivity contribution >= 4 is 23.6 Å². The Kier molecular flexibility index (Phi) is 7.09. The van der Waals surface area contributed by atoms with Gasteiger partial charge < -0.3 is 4.74 Å². The molecule has 0 heterocycles. The number of thioether (sulfide) groups is 1. The second kappa shape index (κ2) is 9.29. The molecule has 0 saturated carbocycles. The average Bonchev–Trinajstić information content (AvgIpc) is 2.60. The standard InChI is InChI=1S/C20H24N2O3S/c1-13(2)26-18-8-6-5-7-16(18)20(24)22-21-19(23)12-25-17-11-14(3)9-10-15(17)4/h5-11,13H,12H2,1-4H3,(H,21,23)(H,22,24). The van der Waals surface area contributed by atoms with Gasteiger partial charge in [-0.1, -0.05) is 38.1 Å². The second-order valence-electron chi connectivity index (χ2n) is 6.22. The molecule has 26 heavy (non-hydrogen) atoms. The summed E-state index contributed by atoms with van der Waals surface area (Å²) in [6, 6.07) is 13.1. The first-order chi connectivity index (χ1) is 12.4. The molecule has 6 heteroatoms. The van der Waals surface area contributed by atoms with Gasteiger partial charge in [0.2, 0.25) is 0 Å². The summed E-state index contributed by atoms with van der Waals surface area (Å²) in [4.78, 5) is 25.2. The summed E-state index contributed by atoms with van der Waals surface area (Å²) in [7, 11) is 0. The van der Waals surface area contributed by atoms with Gasteiger partial charge in [0.25, 0.3) is 11.8 Å². The number of aryl methyl sites for hydroxylation is 2. The molecular formula is C20H24N2O3S. The van der Waals surface area contributed by atoms with Crippen molar-refractivity contribution in [3.8, 4) is 5.75 Å². The van der Waals surface area contributed by atoms with Crippen LogP contribution in [0.1, 0.15) is 35.3 Å². The molecule has 0 fully saturated rings. The van der Waals surface area contributed by atoms with Gasteiger partial charge in [0.15, 0.2) is 6.61 Å². The van der Waals surface area contributed by atoms with Crippen LogP contribution in [-0.4, -0.2) is 23.7 Å². The smallest absolute Gasteiger partial charge is 0.276 e. The minimum atomic E-state index is -0.423. The van der Waals surface area contributed by atoms with E-state index in [0.29, 0.717) is 16.6 Å². The number of amides is 2. The lowest BCUT2D eigenvalue weighted by Crippen LogP contribution is -2.44. The van der Waals surface area contributed by atoms with Gasteiger partial charge in [0.1, 0.15) is 5.75 Å². The van der Waals surface area contributed by atoms with Gasteiger partial charge in [0, 0.05) is 10.1 Å². The van der Waals surface area contributed by atoms with E-state index in [4.69, 9.17) is 4.74 Å². The SMILES string of the molecule is Cc1ccc(C)c(OCC(=O)NNC(=O)c2ccccc2SC(C)C)c1. The summed E-state index contributed by atoms with van der Waals surface area (Å²) in [5, 5.41) is 0.351. The van der Waals surface area contributed by atoms with E-state index in [1.54, 1.807) is 23.9 Å². The fraction of sp³-hybridized carbons (Fsp3) is 0.300. The molecule has 0 bridgehead atoms. The average molecular weight is 372 g/mol. The number of rotatable bonds is 6. The molecular weight excluding hydrogens is 348 g/mol. The van der Waals surface area contributed by atoms with Crippen molar-refractivity contribution in [3.63, 3.8) is 0 Å². The fourth-order valence-electron chi connectivity index (χ4n) is 2.25. The molecule has 2 aromatic rings. The molecule has 0 atom stereocenters. The van der Waals surface area contributed by atoms with Gasteiger partial charge in [-0.25, -0.2) is 0 Å². The highest BCUT2D eigenvalue weighted by molar-refractivity contribution is 8.00. The molecule has 0 radical (unpaired) electrons. The zero-order chi connectivity index (χ0) is 19.1. The molecule has 5 nitrogen and oxygen atoms in total. The van der Waals surface area contributed by atoms with Crippen LogP contribution in [0.5, 0.6) is 5.75 Å². The van der Waals surface area contributed by atoms with Crippen molar-refractivity contribution in [2.45, 2.75) is 37.8 Å². The van der Waals surface area contributed by atoms with Crippen LogP contribution in [0.25, 0.3) is 0 Å². The van der Waals surface area contributed by atoms with E-state index in [9.17, 15) is 9.59 Å². The summed E-state index contributed by atoms with van der Waals surface area (Å²) < 4.78 is 5.53. The molecule has 0 spiro atoms. The van der Waals surface area contributed by atoms with E-state index in [1.807, 2.05) is 44.2 Å². The van der Waals surface area contributed by atoms with Crippen LogP contribution in [0.3, 0.4) is 0 Å². The Labute approximate surface area is 158 Å². The van der Waals surface area contributed by atoms with Crippen molar-refractivity contribution < 1.29 is 14.3 Å². The van der Waals surface area contributed by atoms with Crippen molar-refractivity contribution in [1.29, 1.82) is 0 Å². The fourth-order valence-corrected chi connectivity index (χ4v) is 3.20. The molecule has 0 unspecified atom stereocenters. The molecule has 2 N–H and O–H groups in total. The van der Waals surface area contributed by atoms with Gasteiger partial charge >= 0.3 is 0 Å². The van der Waals surface area contributed by atoms with E-state index in [1.165, 1.54) is 0 Å². The maximum Gasteiger partial charge on any atom is 0.276 e. The van der Waals surface area contributed by atoms with Crippen LogP contribution in [0, 0.1) is 13.8 Å². The maximum atomic E-state index is 12.3. The number of hydrogen-bond donors (Lipinski definition) is 2. The third-order valence-electron chi connectivity index (χ3n) is 3.51. The normalized spacial score (nSPS) is 10.5. The predicted octanol–water partition coefficient (Wildman–Crippen LogP) is 3.64. The molecule has 0 aromatic heterocycles. The molecule has 0 aliphatic rings. The first-order valence-electron chi connectivity index (χ1n) is 8.41. The van der Waals surface area contributed by atoms with Crippen LogP contribution in [-0.2, 0) is 4.79 Å². The number of nitrogens with one attached hydrogen (secondary N) is 2. The van der Waals surface area contributed by atoms with Gasteiger partial charge in [-0.15, -0.1) is 11.8 Å². The zero-order valence-corrected chi connectivity index (χ0v) is 16.3. The largest absolute Gasteiger partial charge is 0.483 e. The lowest BCUT2D eigenvalue weighted by Gasteiger charge is -2.13. The lowest BCUT2D eigenvalue weighted by molar-refractivity contribution is -0.123. The number of hydrogen-bond acceptors (Lipinski definition) is 4. The molecule has 0 aliphatic heterocycles. The highest BCUT2D eigenvalue weighted by Crippen LogP contribution is 2.26. The second-order valence-corrected chi connectivity index (χ2v) is 7.84. The van der Waals surface area contributed by atoms with Crippen LogP contribution in [0.4, 0.5) is 0 Å². The molecule has 2 aromatic carbocycles. The van der Waals surface area contributed by atoms with Gasteiger partial charge in [-0.2, -0.15) is 0 Å². The minimum absolute atomic E-state index is 0.174. The highest BCUT2D eigenvalue weighted by atomic mass is 32.2. The Morgan fingerprint density at radius 1 is 1.08 bits per heavy atom. The van der Waals surface area contributed by atoms with E-state index in [2.05, 4.69) is 24.7 Å². The third-order valence-corrected chi connectivity index (χ3v) is 4.59. The Morgan fingerprint density at radius 2 is 1.81 bits per heavy atom. The Bertz CT molecular complexity index is 790. The van der Waals surface area contributed by atoms with Gasteiger partial charge in [0.05, 0.1) is 5.56 Å². The number of carbonyl (C=O) groups is 2. The van der Waals surface area contributed by atoms with E-state index >= 15 is 0 Å². The van der Waals surface area contributed by atoms with E-state index in [-0.39, 0.29) is 12.5 Å². The first kappa shape index (κ1) is 19.8. The van der Waals surface area contributed by atoms with E-state index in [0.717, 1.165) is 16.0 Å². The number of carbonyl (C=O) groups excluding carboxylic acids is 2. The number of benzene rings is 2. The quantitative estimate of drug-likeness (QED) is 0.600. The lowest BCUT2D eigenvalue weighted by atomic mass is 10.1. The predicted molar refractivity (Wildman–Crippen MR) is 104 cm³/mol. The third kappa shape index (κ3) is 5.81. The van der Waals surface area contributed by atoms with Crippen LogP contribution < -0.4 is 15.6 Å².